The van der Waals surface area contributed by atoms with E-state index in [4.69, 9.17) is 0 Å². The second-order valence-corrected chi connectivity index (χ2v) is 6.45. The first-order chi connectivity index (χ1) is 6.89. The van der Waals surface area contributed by atoms with Crippen LogP contribution < -0.4 is 0 Å². The van der Waals surface area contributed by atoms with Crippen LogP contribution >= 0.6 is 0 Å². The second kappa shape index (κ2) is 4.35. The van der Waals surface area contributed by atoms with Crippen molar-refractivity contribution >= 4 is 9.84 Å². The third kappa shape index (κ3) is 2.81. The maximum Gasteiger partial charge on any atom is 0.181 e. The van der Waals surface area contributed by atoms with E-state index in [9.17, 15) is 8.42 Å². The Morgan fingerprint density at radius 1 is 1.40 bits per heavy atom. The molecular formula is C12H18O2S. The van der Waals surface area contributed by atoms with Gasteiger partial charge in [-0.15, -0.1) is 0 Å². The van der Waals surface area contributed by atoms with E-state index in [1.807, 2.05) is 13.8 Å². The van der Waals surface area contributed by atoms with Gasteiger partial charge >= 0.3 is 0 Å². The maximum atomic E-state index is 11.9. The van der Waals surface area contributed by atoms with Gasteiger partial charge in [0.15, 0.2) is 9.84 Å². The lowest BCUT2D eigenvalue weighted by Crippen LogP contribution is -2.09. The number of hydrogen-bond donors (Lipinski definition) is 0. The highest BCUT2D eigenvalue weighted by Crippen LogP contribution is 2.33. The van der Waals surface area contributed by atoms with E-state index < -0.39 is 9.84 Å². The van der Waals surface area contributed by atoms with Crippen LogP contribution in [0.1, 0.15) is 26.7 Å². The highest BCUT2D eigenvalue weighted by molar-refractivity contribution is 7.96. The average molecular weight is 226 g/mol. The lowest BCUT2D eigenvalue weighted by Gasteiger charge is -2.07. The second-order valence-electron chi connectivity index (χ2n) is 4.22. The van der Waals surface area contributed by atoms with Crippen LogP contribution in [-0.2, 0) is 9.84 Å². The molecule has 1 rings (SSSR count). The molecule has 3 heteroatoms. The average Bonchev–Trinajstić information content (AvgIpc) is 2.95. The summed E-state index contributed by atoms with van der Waals surface area (Å²) in [4.78, 5) is 0.323. The van der Waals surface area contributed by atoms with Crippen LogP contribution in [0.15, 0.2) is 35.8 Å². The molecule has 0 aromatic rings. The van der Waals surface area contributed by atoms with Gasteiger partial charge in [-0.1, -0.05) is 38.7 Å². The number of allylic oxidation sites excluding steroid dienone is 3. The maximum absolute atomic E-state index is 11.9. The molecule has 1 saturated carbocycles. The van der Waals surface area contributed by atoms with Crippen molar-refractivity contribution in [3.05, 3.63) is 35.8 Å². The Bertz CT molecular complexity index is 395. The predicted molar refractivity (Wildman–Crippen MR) is 64.2 cm³/mol. The molecule has 0 bridgehead atoms. The van der Waals surface area contributed by atoms with Crippen LogP contribution in [-0.4, -0.2) is 13.7 Å². The molecule has 1 aliphatic rings. The first kappa shape index (κ1) is 12.2. The van der Waals surface area contributed by atoms with E-state index in [0.29, 0.717) is 4.91 Å². The first-order valence-electron chi connectivity index (χ1n) is 5.16. The Morgan fingerprint density at radius 2 is 1.93 bits per heavy atom. The molecule has 0 amide bonds. The third-order valence-corrected chi connectivity index (χ3v) is 4.85. The van der Waals surface area contributed by atoms with Crippen molar-refractivity contribution in [2.24, 2.45) is 5.92 Å². The van der Waals surface area contributed by atoms with Gasteiger partial charge in [0, 0.05) is 0 Å². The topological polar surface area (TPSA) is 34.1 Å². The summed E-state index contributed by atoms with van der Waals surface area (Å²) in [5.41, 5.74) is 0.828. The standard InChI is InChI=1S/C12H18O2S/c1-5-11(8-10(4)9(2)3)15(13,14)12-6-7-12/h5,8-9,12H,1,4,6-7H2,2-3H3/b11-8+. The molecule has 2 nitrogen and oxygen atoms in total. The summed E-state index contributed by atoms with van der Waals surface area (Å²) in [5, 5.41) is -0.179. The number of hydrogen-bond acceptors (Lipinski definition) is 2. The van der Waals surface area contributed by atoms with Crippen molar-refractivity contribution in [2.75, 3.05) is 0 Å². The Hall–Kier alpha value is -0.830. The van der Waals surface area contributed by atoms with Gasteiger partial charge < -0.3 is 0 Å². The molecule has 0 saturated heterocycles. The molecule has 0 unspecified atom stereocenters. The van der Waals surface area contributed by atoms with Crippen molar-refractivity contribution in [1.29, 1.82) is 0 Å². The number of sulfone groups is 1. The van der Waals surface area contributed by atoms with Crippen LogP contribution in [0, 0.1) is 5.92 Å². The summed E-state index contributed by atoms with van der Waals surface area (Å²) in [6.45, 7) is 11.4. The zero-order chi connectivity index (χ0) is 11.6. The van der Waals surface area contributed by atoms with Gasteiger partial charge in [-0.2, -0.15) is 0 Å². The molecule has 0 aromatic carbocycles. The monoisotopic (exact) mass is 226 g/mol. The molecule has 0 aromatic heterocycles. The lowest BCUT2D eigenvalue weighted by atomic mass is 10.1. The molecule has 0 radical (unpaired) electrons. The third-order valence-electron chi connectivity index (χ3n) is 2.56. The highest BCUT2D eigenvalue weighted by atomic mass is 32.2. The molecule has 84 valence electrons. The summed E-state index contributed by atoms with van der Waals surface area (Å²) >= 11 is 0. The zero-order valence-corrected chi connectivity index (χ0v) is 10.2. The number of rotatable bonds is 5. The van der Waals surface area contributed by atoms with Crippen molar-refractivity contribution < 1.29 is 8.42 Å². The fourth-order valence-corrected chi connectivity index (χ4v) is 2.87. The Labute approximate surface area is 92.3 Å². The molecule has 1 fully saturated rings. The van der Waals surface area contributed by atoms with Gasteiger partial charge in [-0.25, -0.2) is 8.42 Å². The summed E-state index contributed by atoms with van der Waals surface area (Å²) in [7, 11) is -3.12. The van der Waals surface area contributed by atoms with E-state index in [1.54, 1.807) is 6.08 Å². The first-order valence-corrected chi connectivity index (χ1v) is 6.71. The highest BCUT2D eigenvalue weighted by Gasteiger charge is 2.37. The van der Waals surface area contributed by atoms with Crippen LogP contribution in [0.5, 0.6) is 0 Å². The minimum atomic E-state index is -3.12. The lowest BCUT2D eigenvalue weighted by molar-refractivity contribution is 0.601. The minimum Gasteiger partial charge on any atom is -0.223 e. The molecule has 1 aliphatic carbocycles. The summed E-state index contributed by atoms with van der Waals surface area (Å²) < 4.78 is 23.8. The zero-order valence-electron chi connectivity index (χ0n) is 9.36. The van der Waals surface area contributed by atoms with Gasteiger partial charge in [0.25, 0.3) is 0 Å². The molecular weight excluding hydrogens is 208 g/mol. The smallest absolute Gasteiger partial charge is 0.181 e. The van der Waals surface area contributed by atoms with Crippen molar-refractivity contribution in [3.8, 4) is 0 Å². The molecule has 0 atom stereocenters. The van der Waals surface area contributed by atoms with Crippen molar-refractivity contribution in [2.45, 2.75) is 31.9 Å². The van der Waals surface area contributed by atoms with E-state index in [2.05, 4.69) is 13.2 Å². The summed E-state index contributed by atoms with van der Waals surface area (Å²) in [6, 6.07) is 0. The van der Waals surface area contributed by atoms with Gasteiger partial charge in [-0.05, 0) is 24.8 Å². The van der Waals surface area contributed by atoms with E-state index in [-0.39, 0.29) is 11.2 Å². The normalized spacial score (nSPS) is 17.9. The Morgan fingerprint density at radius 3 is 2.27 bits per heavy atom. The van der Waals surface area contributed by atoms with E-state index in [1.165, 1.54) is 6.08 Å². The van der Waals surface area contributed by atoms with E-state index >= 15 is 0 Å². The Kier molecular flexibility index (Phi) is 3.55. The van der Waals surface area contributed by atoms with Crippen LogP contribution in [0.3, 0.4) is 0 Å². The Balaban J connectivity index is 2.98. The quantitative estimate of drug-likeness (QED) is 0.675. The van der Waals surface area contributed by atoms with Gasteiger partial charge in [-0.3, -0.25) is 0 Å². The largest absolute Gasteiger partial charge is 0.223 e. The minimum absolute atomic E-state index is 0.179. The van der Waals surface area contributed by atoms with Crippen molar-refractivity contribution in [1.82, 2.24) is 0 Å². The SMILES string of the molecule is C=C/C(=C\C(=C)C(C)C)S(=O)(=O)C1CC1. The molecule has 0 N–H and O–H groups in total. The summed E-state index contributed by atoms with van der Waals surface area (Å²) in [6.07, 6.45) is 4.62. The van der Waals surface area contributed by atoms with Gasteiger partial charge in [0.05, 0.1) is 10.2 Å². The van der Waals surface area contributed by atoms with E-state index in [0.717, 1.165) is 18.4 Å². The molecule has 15 heavy (non-hydrogen) atoms. The molecule has 0 aliphatic heterocycles. The fourth-order valence-electron chi connectivity index (χ4n) is 1.18. The molecule has 0 spiro atoms. The van der Waals surface area contributed by atoms with Crippen LogP contribution in [0.2, 0.25) is 0 Å². The fraction of sp³-hybridized carbons (Fsp3) is 0.500. The van der Waals surface area contributed by atoms with Crippen molar-refractivity contribution in [3.63, 3.8) is 0 Å². The molecule has 0 heterocycles. The predicted octanol–water partition coefficient (Wildman–Crippen LogP) is 2.85. The van der Waals surface area contributed by atoms with Gasteiger partial charge in [0.1, 0.15) is 0 Å². The summed E-state index contributed by atoms with van der Waals surface area (Å²) in [5.74, 6) is 0.259. The van der Waals surface area contributed by atoms with Gasteiger partial charge in [0.2, 0.25) is 0 Å². The van der Waals surface area contributed by atoms with Crippen LogP contribution in [0.4, 0.5) is 0 Å². The van der Waals surface area contributed by atoms with Crippen LogP contribution in [0.25, 0.3) is 0 Å².